The molecule has 0 saturated heterocycles. The highest BCUT2D eigenvalue weighted by atomic mass is 16.5. The molecule has 23 heavy (non-hydrogen) atoms. The van der Waals surface area contributed by atoms with E-state index >= 15 is 0 Å². The normalized spacial score (nSPS) is 10.7. The maximum absolute atomic E-state index is 11.6. The lowest BCUT2D eigenvalue weighted by molar-refractivity contribution is -0.142. The van der Waals surface area contributed by atoms with Crippen molar-refractivity contribution in [3.8, 4) is 17.1 Å². The van der Waals surface area contributed by atoms with E-state index in [2.05, 4.69) is 15.1 Å². The van der Waals surface area contributed by atoms with Crippen LogP contribution < -0.4 is 5.73 Å². The summed E-state index contributed by atoms with van der Waals surface area (Å²) in [6, 6.07) is 9.26. The van der Waals surface area contributed by atoms with Crippen LogP contribution in [0.2, 0.25) is 0 Å². The quantitative estimate of drug-likeness (QED) is 0.702. The van der Waals surface area contributed by atoms with Gasteiger partial charge in [-0.1, -0.05) is 12.1 Å². The minimum atomic E-state index is -0.253. The van der Waals surface area contributed by atoms with Crippen molar-refractivity contribution in [3.05, 3.63) is 48.4 Å². The number of carbonyl (C=O) groups is 1. The van der Waals surface area contributed by atoms with E-state index in [9.17, 15) is 4.79 Å². The number of ether oxygens (including phenoxy) is 1. The number of nitrogen functional groups attached to an aromatic ring is 1. The summed E-state index contributed by atoms with van der Waals surface area (Å²) in [4.78, 5) is 18.6. The first kappa shape index (κ1) is 14.8. The predicted molar refractivity (Wildman–Crippen MR) is 85.9 cm³/mol. The van der Waals surface area contributed by atoms with Gasteiger partial charge in [0.25, 0.3) is 0 Å². The number of carbonyl (C=O) groups excluding carboxylic acids is 1. The van der Waals surface area contributed by atoms with Gasteiger partial charge < -0.3 is 15.5 Å². The van der Waals surface area contributed by atoms with E-state index in [1.165, 1.54) is 0 Å². The number of rotatable bonds is 5. The third-order valence-corrected chi connectivity index (χ3v) is 3.32. The molecule has 0 fully saturated rings. The number of anilines is 1. The van der Waals surface area contributed by atoms with E-state index in [1.54, 1.807) is 30.2 Å². The number of nitrogens with zero attached hydrogens (tertiary/aromatic N) is 3. The molecule has 118 valence electrons. The highest BCUT2D eigenvalue weighted by molar-refractivity contribution is 5.72. The first-order valence-corrected chi connectivity index (χ1v) is 7.26. The minimum absolute atomic E-state index is 0.219. The van der Waals surface area contributed by atoms with E-state index in [0.29, 0.717) is 18.1 Å². The third-order valence-electron chi connectivity index (χ3n) is 3.32. The second kappa shape index (κ2) is 6.35. The lowest BCUT2D eigenvalue weighted by Gasteiger charge is -2.07. The number of H-pyrrole nitrogens is 1. The van der Waals surface area contributed by atoms with Gasteiger partial charge in [-0.25, -0.2) is 9.67 Å². The molecule has 2 aromatic heterocycles. The largest absolute Gasteiger partial charge is 0.466 e. The summed E-state index contributed by atoms with van der Waals surface area (Å²) in [6.07, 6.45) is 3.49. The highest BCUT2D eigenvalue weighted by Gasteiger charge is 2.11. The molecular weight excluding hydrogens is 294 g/mol. The Morgan fingerprint density at radius 1 is 1.39 bits per heavy atom. The van der Waals surface area contributed by atoms with Crippen LogP contribution in [0.3, 0.4) is 0 Å². The van der Waals surface area contributed by atoms with Crippen molar-refractivity contribution in [2.75, 3.05) is 12.3 Å². The molecule has 0 atom stereocenters. The van der Waals surface area contributed by atoms with Gasteiger partial charge in [0.2, 0.25) is 0 Å². The van der Waals surface area contributed by atoms with Crippen LogP contribution in [-0.2, 0) is 16.0 Å². The fraction of sp³-hybridized carbons (Fsp3) is 0.188. The van der Waals surface area contributed by atoms with Gasteiger partial charge >= 0.3 is 5.97 Å². The van der Waals surface area contributed by atoms with E-state index in [4.69, 9.17) is 10.5 Å². The zero-order chi connectivity index (χ0) is 16.2. The lowest BCUT2D eigenvalue weighted by Crippen LogP contribution is -2.08. The van der Waals surface area contributed by atoms with Crippen LogP contribution in [-0.4, -0.2) is 32.3 Å². The number of nitrogens with two attached hydrogens (primary N) is 1. The molecule has 3 rings (SSSR count). The van der Waals surface area contributed by atoms with Crippen molar-refractivity contribution in [2.24, 2.45) is 0 Å². The maximum Gasteiger partial charge on any atom is 0.310 e. The van der Waals surface area contributed by atoms with Crippen molar-refractivity contribution in [2.45, 2.75) is 13.3 Å². The summed E-state index contributed by atoms with van der Waals surface area (Å²) in [7, 11) is 0. The SMILES string of the molecule is CCOC(=O)Cc1cccc(-n2nc(-c3cnc[nH]3)cc2N)c1. The summed E-state index contributed by atoms with van der Waals surface area (Å²) in [5.41, 5.74) is 9.18. The fourth-order valence-electron chi connectivity index (χ4n) is 2.31. The molecule has 2 heterocycles. The van der Waals surface area contributed by atoms with Gasteiger partial charge in [0.1, 0.15) is 11.5 Å². The Kier molecular flexibility index (Phi) is 4.09. The molecule has 0 bridgehead atoms. The number of nitrogens with one attached hydrogen (secondary N) is 1. The number of hydrogen-bond donors (Lipinski definition) is 2. The van der Waals surface area contributed by atoms with E-state index in [1.807, 2.05) is 24.3 Å². The van der Waals surface area contributed by atoms with Crippen LogP contribution in [0.5, 0.6) is 0 Å². The zero-order valence-corrected chi connectivity index (χ0v) is 12.7. The molecule has 0 radical (unpaired) electrons. The van der Waals surface area contributed by atoms with E-state index < -0.39 is 0 Å². The second-order valence-corrected chi connectivity index (χ2v) is 4.98. The van der Waals surface area contributed by atoms with Crippen LogP contribution in [0.4, 0.5) is 5.82 Å². The van der Waals surface area contributed by atoms with Crippen molar-refractivity contribution in [3.63, 3.8) is 0 Å². The van der Waals surface area contributed by atoms with Gasteiger partial charge in [-0.05, 0) is 24.6 Å². The first-order valence-electron chi connectivity index (χ1n) is 7.26. The van der Waals surface area contributed by atoms with Gasteiger partial charge in [-0.15, -0.1) is 0 Å². The van der Waals surface area contributed by atoms with Crippen molar-refractivity contribution >= 4 is 11.8 Å². The Morgan fingerprint density at radius 3 is 3.00 bits per heavy atom. The number of imidazole rings is 1. The van der Waals surface area contributed by atoms with Gasteiger partial charge in [0, 0.05) is 6.07 Å². The van der Waals surface area contributed by atoms with Crippen molar-refractivity contribution in [1.29, 1.82) is 0 Å². The summed E-state index contributed by atoms with van der Waals surface area (Å²) < 4.78 is 6.60. The number of esters is 1. The van der Waals surface area contributed by atoms with Crippen LogP contribution in [0.25, 0.3) is 17.1 Å². The van der Waals surface area contributed by atoms with Crippen molar-refractivity contribution < 1.29 is 9.53 Å². The van der Waals surface area contributed by atoms with Gasteiger partial charge in [0.15, 0.2) is 0 Å². The monoisotopic (exact) mass is 311 g/mol. The highest BCUT2D eigenvalue weighted by Crippen LogP contribution is 2.21. The van der Waals surface area contributed by atoms with Crippen molar-refractivity contribution in [1.82, 2.24) is 19.7 Å². The average Bonchev–Trinajstić information content (AvgIpc) is 3.17. The van der Waals surface area contributed by atoms with E-state index in [0.717, 1.165) is 16.9 Å². The molecule has 0 unspecified atom stereocenters. The van der Waals surface area contributed by atoms with Crippen LogP contribution in [0.1, 0.15) is 12.5 Å². The van der Waals surface area contributed by atoms with Gasteiger partial charge in [-0.3, -0.25) is 4.79 Å². The molecule has 0 aliphatic rings. The molecule has 7 heteroatoms. The smallest absolute Gasteiger partial charge is 0.310 e. The molecule has 3 N–H and O–H groups in total. The topological polar surface area (TPSA) is 98.8 Å². The molecule has 0 saturated carbocycles. The maximum atomic E-state index is 11.6. The molecule has 0 amide bonds. The van der Waals surface area contributed by atoms with Gasteiger partial charge in [-0.2, -0.15) is 5.10 Å². The molecule has 1 aromatic carbocycles. The molecule has 0 aliphatic carbocycles. The third kappa shape index (κ3) is 3.23. The molecule has 0 spiro atoms. The van der Waals surface area contributed by atoms with Crippen LogP contribution in [0, 0.1) is 0 Å². The van der Waals surface area contributed by atoms with Crippen LogP contribution >= 0.6 is 0 Å². The fourth-order valence-corrected chi connectivity index (χ4v) is 2.31. The van der Waals surface area contributed by atoms with E-state index in [-0.39, 0.29) is 12.4 Å². The molecule has 0 aliphatic heterocycles. The van der Waals surface area contributed by atoms with Crippen LogP contribution in [0.15, 0.2) is 42.9 Å². The Hall–Kier alpha value is -3.09. The zero-order valence-electron chi connectivity index (χ0n) is 12.7. The standard InChI is InChI=1S/C16H17N5O2/c1-2-23-16(22)7-11-4-3-5-12(6-11)21-15(17)8-13(20-21)14-9-18-10-19-14/h3-6,8-10H,2,7,17H2,1H3,(H,18,19). The number of benzene rings is 1. The Balaban J connectivity index is 1.89. The number of hydrogen-bond acceptors (Lipinski definition) is 5. The predicted octanol–water partition coefficient (Wildman–Crippen LogP) is 1.95. The molecule has 7 nitrogen and oxygen atoms in total. The Bertz CT molecular complexity index is 808. The minimum Gasteiger partial charge on any atom is -0.466 e. The summed E-state index contributed by atoms with van der Waals surface area (Å²) in [5.74, 6) is 0.249. The molecular formula is C16H17N5O2. The Labute approximate surface area is 133 Å². The summed E-state index contributed by atoms with van der Waals surface area (Å²) in [6.45, 7) is 2.16. The number of aromatic amines is 1. The molecule has 3 aromatic rings. The van der Waals surface area contributed by atoms with Gasteiger partial charge in [0.05, 0.1) is 36.9 Å². The second-order valence-electron chi connectivity index (χ2n) is 4.98. The average molecular weight is 311 g/mol. The summed E-state index contributed by atoms with van der Waals surface area (Å²) in [5, 5.41) is 4.48. The number of aromatic nitrogens is 4. The lowest BCUT2D eigenvalue weighted by atomic mass is 10.1. The summed E-state index contributed by atoms with van der Waals surface area (Å²) >= 11 is 0. The first-order chi connectivity index (χ1) is 11.2. The Morgan fingerprint density at radius 2 is 2.26 bits per heavy atom.